The Hall–Kier alpha value is -0.360. The smallest absolute Gasteiger partial charge is 0.234 e. The molecule has 1 saturated carbocycles. The molecule has 0 bridgehead atoms. The average Bonchev–Trinajstić information content (AvgIpc) is 3.08. The third-order valence-corrected chi connectivity index (χ3v) is 2.39. The van der Waals surface area contributed by atoms with E-state index in [9.17, 15) is 4.79 Å². The van der Waals surface area contributed by atoms with Crippen LogP contribution in [0.5, 0.6) is 0 Å². The number of methoxy groups -OCH3 is 1. The quantitative estimate of drug-likeness (QED) is 0.554. The third kappa shape index (κ3) is 10.5. The maximum absolute atomic E-state index is 11.2. The van der Waals surface area contributed by atoms with Crippen molar-refractivity contribution < 1.29 is 14.3 Å². The number of carbonyl (C=O) groups excluding carboxylic acids is 1. The van der Waals surface area contributed by atoms with E-state index in [4.69, 9.17) is 9.47 Å². The van der Waals surface area contributed by atoms with Gasteiger partial charge in [-0.1, -0.05) is 0 Å². The number of hydrogen-bond donors (Lipinski definition) is 2. The molecular formula is C11H23ClN2O3. The standard InChI is InChI=1S/C11H22N2O3.ClH/c1-15-6-4-12-8-11(14)13-5-7-16-9-10-2-3-10;/h10,12H,2-9H2,1H3,(H,13,14);1H. The van der Waals surface area contributed by atoms with Gasteiger partial charge in [-0.2, -0.15) is 0 Å². The van der Waals surface area contributed by atoms with Crippen LogP contribution in [0.15, 0.2) is 0 Å². The molecule has 0 aromatic heterocycles. The van der Waals surface area contributed by atoms with Gasteiger partial charge in [-0.15, -0.1) is 12.4 Å². The molecule has 0 unspecified atom stereocenters. The molecule has 17 heavy (non-hydrogen) atoms. The summed E-state index contributed by atoms with van der Waals surface area (Å²) in [6.45, 7) is 3.71. The van der Waals surface area contributed by atoms with Crippen LogP contribution in [-0.2, 0) is 14.3 Å². The molecular weight excluding hydrogens is 244 g/mol. The van der Waals surface area contributed by atoms with Gasteiger partial charge in [0.05, 0.1) is 19.8 Å². The summed E-state index contributed by atoms with van der Waals surface area (Å²) in [7, 11) is 1.64. The SMILES string of the molecule is COCCNCC(=O)NCCOCC1CC1.Cl. The Balaban J connectivity index is 0.00000256. The van der Waals surface area contributed by atoms with Crippen LogP contribution in [0.2, 0.25) is 0 Å². The topological polar surface area (TPSA) is 59.6 Å². The van der Waals surface area contributed by atoms with Crippen LogP contribution >= 0.6 is 12.4 Å². The van der Waals surface area contributed by atoms with Gasteiger partial charge < -0.3 is 20.1 Å². The Morgan fingerprint density at radius 2 is 2.06 bits per heavy atom. The summed E-state index contributed by atoms with van der Waals surface area (Å²) in [5.41, 5.74) is 0. The van der Waals surface area contributed by atoms with Gasteiger partial charge in [0, 0.05) is 26.8 Å². The molecule has 1 fully saturated rings. The first-order valence-electron chi connectivity index (χ1n) is 5.87. The summed E-state index contributed by atoms with van der Waals surface area (Å²) in [6, 6.07) is 0. The van der Waals surface area contributed by atoms with E-state index in [-0.39, 0.29) is 18.3 Å². The molecule has 1 aliphatic carbocycles. The van der Waals surface area contributed by atoms with Crippen molar-refractivity contribution in [3.8, 4) is 0 Å². The number of ether oxygens (including phenoxy) is 2. The van der Waals surface area contributed by atoms with Gasteiger partial charge in [-0.3, -0.25) is 4.79 Å². The average molecular weight is 267 g/mol. The summed E-state index contributed by atoms with van der Waals surface area (Å²) in [5.74, 6) is 0.789. The fourth-order valence-corrected chi connectivity index (χ4v) is 1.24. The molecule has 6 heteroatoms. The highest BCUT2D eigenvalue weighted by atomic mass is 35.5. The van der Waals surface area contributed by atoms with Crippen molar-refractivity contribution in [1.29, 1.82) is 0 Å². The van der Waals surface area contributed by atoms with Crippen molar-refractivity contribution >= 4 is 18.3 Å². The lowest BCUT2D eigenvalue weighted by Gasteiger charge is -2.06. The molecule has 5 nitrogen and oxygen atoms in total. The highest BCUT2D eigenvalue weighted by Gasteiger charge is 2.20. The molecule has 2 N–H and O–H groups in total. The Kier molecular flexibility index (Phi) is 10.5. The van der Waals surface area contributed by atoms with Gasteiger partial charge in [-0.25, -0.2) is 0 Å². The maximum atomic E-state index is 11.2. The summed E-state index contributed by atoms with van der Waals surface area (Å²) < 4.78 is 10.2. The molecule has 102 valence electrons. The minimum Gasteiger partial charge on any atom is -0.383 e. The second-order valence-corrected chi connectivity index (χ2v) is 4.04. The largest absolute Gasteiger partial charge is 0.383 e. The summed E-state index contributed by atoms with van der Waals surface area (Å²) in [5, 5.41) is 5.76. The Labute approximate surface area is 109 Å². The summed E-state index contributed by atoms with van der Waals surface area (Å²) in [6.07, 6.45) is 2.60. The first kappa shape index (κ1) is 16.6. The second kappa shape index (κ2) is 10.8. The number of rotatable bonds is 10. The highest BCUT2D eigenvalue weighted by Crippen LogP contribution is 2.28. The Morgan fingerprint density at radius 3 is 2.71 bits per heavy atom. The van der Waals surface area contributed by atoms with E-state index in [1.54, 1.807) is 7.11 Å². The van der Waals surface area contributed by atoms with Gasteiger partial charge in [0.15, 0.2) is 0 Å². The predicted octanol–water partition coefficient (Wildman–Crippen LogP) is 0.187. The number of hydrogen-bond acceptors (Lipinski definition) is 4. The van der Waals surface area contributed by atoms with Crippen LogP contribution in [0, 0.1) is 5.92 Å². The zero-order chi connectivity index (χ0) is 11.6. The Morgan fingerprint density at radius 1 is 1.29 bits per heavy atom. The highest BCUT2D eigenvalue weighted by molar-refractivity contribution is 5.85. The van der Waals surface area contributed by atoms with Crippen LogP contribution in [0.3, 0.4) is 0 Å². The molecule has 0 atom stereocenters. The summed E-state index contributed by atoms with van der Waals surface area (Å²) >= 11 is 0. The molecule has 0 saturated heterocycles. The predicted molar refractivity (Wildman–Crippen MR) is 68.5 cm³/mol. The maximum Gasteiger partial charge on any atom is 0.234 e. The molecule has 0 spiro atoms. The van der Waals surface area contributed by atoms with Crippen molar-refractivity contribution in [2.45, 2.75) is 12.8 Å². The van der Waals surface area contributed by atoms with Crippen LogP contribution < -0.4 is 10.6 Å². The monoisotopic (exact) mass is 266 g/mol. The number of nitrogens with one attached hydrogen (secondary N) is 2. The zero-order valence-corrected chi connectivity index (χ0v) is 11.2. The van der Waals surface area contributed by atoms with Crippen molar-refractivity contribution in [3.05, 3.63) is 0 Å². The van der Waals surface area contributed by atoms with Gasteiger partial charge in [0.25, 0.3) is 0 Å². The minimum absolute atomic E-state index is 0. The molecule has 0 radical (unpaired) electrons. The van der Waals surface area contributed by atoms with Crippen molar-refractivity contribution in [2.75, 3.05) is 46.6 Å². The lowest BCUT2D eigenvalue weighted by atomic mass is 10.5. The molecule has 0 aromatic rings. The molecule has 0 aromatic carbocycles. The van der Waals surface area contributed by atoms with E-state index in [1.165, 1.54) is 12.8 Å². The molecule has 1 amide bonds. The molecule has 1 aliphatic rings. The van der Waals surface area contributed by atoms with Gasteiger partial charge in [0.2, 0.25) is 5.91 Å². The van der Waals surface area contributed by atoms with Gasteiger partial charge in [0.1, 0.15) is 0 Å². The van der Waals surface area contributed by atoms with E-state index in [1.807, 2.05) is 0 Å². The van der Waals surface area contributed by atoms with Gasteiger partial charge in [-0.05, 0) is 18.8 Å². The fourth-order valence-electron chi connectivity index (χ4n) is 1.24. The zero-order valence-electron chi connectivity index (χ0n) is 10.4. The molecule has 0 heterocycles. The lowest BCUT2D eigenvalue weighted by Crippen LogP contribution is -2.36. The number of amides is 1. The van der Waals surface area contributed by atoms with E-state index in [0.717, 1.165) is 12.5 Å². The van der Waals surface area contributed by atoms with E-state index < -0.39 is 0 Å². The lowest BCUT2D eigenvalue weighted by molar-refractivity contribution is -0.120. The van der Waals surface area contributed by atoms with Crippen LogP contribution in [0.4, 0.5) is 0 Å². The van der Waals surface area contributed by atoms with Crippen LogP contribution in [0.25, 0.3) is 0 Å². The van der Waals surface area contributed by atoms with E-state index in [2.05, 4.69) is 10.6 Å². The van der Waals surface area contributed by atoms with Crippen molar-refractivity contribution in [2.24, 2.45) is 5.92 Å². The minimum atomic E-state index is 0. The fraction of sp³-hybridized carbons (Fsp3) is 0.909. The van der Waals surface area contributed by atoms with Crippen molar-refractivity contribution in [3.63, 3.8) is 0 Å². The third-order valence-electron chi connectivity index (χ3n) is 2.39. The van der Waals surface area contributed by atoms with E-state index >= 15 is 0 Å². The number of carbonyl (C=O) groups is 1. The van der Waals surface area contributed by atoms with Crippen molar-refractivity contribution in [1.82, 2.24) is 10.6 Å². The first-order chi connectivity index (χ1) is 7.83. The van der Waals surface area contributed by atoms with Gasteiger partial charge >= 0.3 is 0 Å². The molecule has 0 aliphatic heterocycles. The second-order valence-electron chi connectivity index (χ2n) is 4.04. The first-order valence-corrected chi connectivity index (χ1v) is 5.87. The summed E-state index contributed by atoms with van der Waals surface area (Å²) in [4.78, 5) is 11.2. The van der Waals surface area contributed by atoms with Crippen LogP contribution in [-0.4, -0.2) is 52.5 Å². The normalized spacial score (nSPS) is 14.2. The number of halogens is 1. The van der Waals surface area contributed by atoms with Crippen LogP contribution in [0.1, 0.15) is 12.8 Å². The Bertz CT molecular complexity index is 201. The molecule has 1 rings (SSSR count). The van der Waals surface area contributed by atoms with E-state index in [0.29, 0.717) is 32.8 Å².